The number of carbonyl (C=O) groups excluding carboxylic acids is 3. The Hall–Kier alpha value is -2.99. The molecule has 2 aromatic rings. The van der Waals surface area contributed by atoms with Crippen LogP contribution in [0.15, 0.2) is 47.4 Å². The third kappa shape index (κ3) is 4.92. The SMILES string of the molecule is O=C(NCCCN1C(=O)c2ccccc2C1=O)Nc1cc(S(=O)(=O)N2CCOCC2)ccc1Cl. The van der Waals surface area contributed by atoms with Crippen molar-refractivity contribution in [2.24, 2.45) is 0 Å². The van der Waals surface area contributed by atoms with Gasteiger partial charge in [-0.15, -0.1) is 0 Å². The van der Waals surface area contributed by atoms with E-state index in [1.807, 2.05) is 0 Å². The van der Waals surface area contributed by atoms with E-state index < -0.39 is 16.1 Å². The monoisotopic (exact) mass is 506 g/mol. The highest BCUT2D eigenvalue weighted by Gasteiger charge is 2.34. The van der Waals surface area contributed by atoms with E-state index in [0.29, 0.717) is 30.8 Å². The molecule has 2 heterocycles. The first-order chi connectivity index (χ1) is 16.3. The number of hydrogen-bond donors (Lipinski definition) is 2. The van der Waals surface area contributed by atoms with Crippen molar-refractivity contribution in [3.05, 3.63) is 58.6 Å². The number of morpholine rings is 1. The summed E-state index contributed by atoms with van der Waals surface area (Å²) < 4.78 is 32.2. The van der Waals surface area contributed by atoms with E-state index >= 15 is 0 Å². The van der Waals surface area contributed by atoms with Crippen molar-refractivity contribution in [3.63, 3.8) is 0 Å². The molecule has 0 unspecified atom stereocenters. The summed E-state index contributed by atoms with van der Waals surface area (Å²) in [5.41, 5.74) is 0.897. The average Bonchev–Trinajstić information content (AvgIpc) is 3.08. The fourth-order valence-electron chi connectivity index (χ4n) is 3.74. The number of ether oxygens (including phenoxy) is 1. The number of rotatable bonds is 7. The van der Waals surface area contributed by atoms with Crippen LogP contribution in [0.2, 0.25) is 5.02 Å². The molecule has 1 saturated heterocycles. The first-order valence-corrected chi connectivity index (χ1v) is 12.5. The molecule has 0 radical (unpaired) electrons. The highest BCUT2D eigenvalue weighted by molar-refractivity contribution is 7.89. The summed E-state index contributed by atoms with van der Waals surface area (Å²) in [7, 11) is -3.75. The number of amides is 4. The number of nitrogens with one attached hydrogen (secondary N) is 2. The number of sulfonamides is 1. The molecule has 0 spiro atoms. The molecule has 1 fully saturated rings. The standard InChI is InChI=1S/C22H23ClN4O6S/c23-18-7-6-15(34(31,32)26-10-12-33-13-11-26)14-19(18)25-22(30)24-8-3-9-27-20(28)16-4-1-2-5-17(16)21(27)29/h1-2,4-7,14H,3,8-13H2,(H2,24,25,30). The van der Waals surface area contributed by atoms with E-state index in [2.05, 4.69) is 10.6 Å². The van der Waals surface area contributed by atoms with Gasteiger partial charge < -0.3 is 15.4 Å². The van der Waals surface area contributed by atoms with Crippen molar-refractivity contribution in [2.45, 2.75) is 11.3 Å². The molecule has 10 nitrogen and oxygen atoms in total. The second-order valence-electron chi connectivity index (χ2n) is 7.70. The van der Waals surface area contributed by atoms with Crippen molar-refractivity contribution >= 4 is 45.2 Å². The van der Waals surface area contributed by atoms with Crippen LogP contribution in [-0.4, -0.2) is 74.9 Å². The topological polar surface area (TPSA) is 125 Å². The molecule has 2 N–H and O–H groups in total. The van der Waals surface area contributed by atoms with Crippen LogP contribution in [0.3, 0.4) is 0 Å². The highest BCUT2D eigenvalue weighted by atomic mass is 35.5. The quantitative estimate of drug-likeness (QED) is 0.438. The van der Waals surface area contributed by atoms with E-state index in [4.69, 9.17) is 16.3 Å². The Labute approximate surface area is 201 Å². The van der Waals surface area contributed by atoms with Crippen LogP contribution in [0.4, 0.5) is 10.5 Å². The fraction of sp³-hybridized carbons (Fsp3) is 0.318. The molecule has 12 heteroatoms. The van der Waals surface area contributed by atoms with E-state index in [-0.39, 0.29) is 53.6 Å². The van der Waals surface area contributed by atoms with Gasteiger partial charge >= 0.3 is 6.03 Å². The summed E-state index contributed by atoms with van der Waals surface area (Å²) in [5, 5.41) is 5.35. The zero-order chi connectivity index (χ0) is 24.3. The van der Waals surface area contributed by atoms with Crippen molar-refractivity contribution in [3.8, 4) is 0 Å². The van der Waals surface area contributed by atoms with Crippen LogP contribution in [0.5, 0.6) is 0 Å². The van der Waals surface area contributed by atoms with Gasteiger partial charge in [-0.1, -0.05) is 23.7 Å². The predicted molar refractivity (Wildman–Crippen MR) is 124 cm³/mol. The lowest BCUT2D eigenvalue weighted by Gasteiger charge is -2.26. The summed E-state index contributed by atoms with van der Waals surface area (Å²) in [6.45, 7) is 1.48. The molecule has 0 aromatic heterocycles. The van der Waals surface area contributed by atoms with Crippen LogP contribution < -0.4 is 10.6 Å². The summed E-state index contributed by atoms with van der Waals surface area (Å²) in [4.78, 5) is 38.2. The molecule has 0 aliphatic carbocycles. The fourth-order valence-corrected chi connectivity index (χ4v) is 5.34. The Morgan fingerprint density at radius 1 is 1.03 bits per heavy atom. The maximum Gasteiger partial charge on any atom is 0.319 e. The zero-order valence-electron chi connectivity index (χ0n) is 18.1. The number of imide groups is 1. The minimum Gasteiger partial charge on any atom is -0.379 e. The minimum atomic E-state index is -3.75. The molecule has 0 saturated carbocycles. The normalized spacial score (nSPS) is 16.4. The zero-order valence-corrected chi connectivity index (χ0v) is 19.7. The largest absolute Gasteiger partial charge is 0.379 e. The van der Waals surface area contributed by atoms with Gasteiger partial charge in [-0.2, -0.15) is 4.31 Å². The molecule has 2 aliphatic heterocycles. The van der Waals surface area contributed by atoms with Gasteiger partial charge in [0.2, 0.25) is 10.0 Å². The number of carbonyl (C=O) groups is 3. The van der Waals surface area contributed by atoms with Crippen LogP contribution in [0.25, 0.3) is 0 Å². The first-order valence-electron chi connectivity index (χ1n) is 10.7. The van der Waals surface area contributed by atoms with E-state index in [0.717, 1.165) is 4.90 Å². The van der Waals surface area contributed by atoms with Crippen molar-refractivity contribution in [2.75, 3.05) is 44.7 Å². The summed E-state index contributed by atoms with van der Waals surface area (Å²) in [6, 6.07) is 10.1. The second kappa shape index (κ2) is 10.1. The molecule has 2 aliphatic rings. The Kier molecular flexibility index (Phi) is 7.17. The van der Waals surface area contributed by atoms with Gasteiger partial charge in [-0.25, -0.2) is 13.2 Å². The van der Waals surface area contributed by atoms with Crippen LogP contribution in [0.1, 0.15) is 27.1 Å². The lowest BCUT2D eigenvalue weighted by molar-refractivity contribution is 0.0653. The third-order valence-electron chi connectivity index (χ3n) is 5.52. The number of fused-ring (bicyclic) bond motifs is 1. The average molecular weight is 507 g/mol. The summed E-state index contributed by atoms with van der Waals surface area (Å²) in [6.07, 6.45) is 0.345. The van der Waals surface area contributed by atoms with Crippen LogP contribution in [0, 0.1) is 0 Å². The predicted octanol–water partition coefficient (Wildman–Crippen LogP) is 2.17. The van der Waals surface area contributed by atoms with Gasteiger partial charge in [-0.05, 0) is 36.8 Å². The molecular weight excluding hydrogens is 484 g/mol. The molecule has 0 bridgehead atoms. The van der Waals surface area contributed by atoms with Crippen molar-refractivity contribution < 1.29 is 27.5 Å². The maximum absolute atomic E-state index is 12.8. The molecule has 180 valence electrons. The van der Waals surface area contributed by atoms with Gasteiger partial charge in [0.05, 0.1) is 39.9 Å². The number of benzene rings is 2. The molecule has 2 aromatic carbocycles. The van der Waals surface area contributed by atoms with Gasteiger partial charge in [0, 0.05) is 26.2 Å². The third-order valence-corrected chi connectivity index (χ3v) is 7.74. The lowest BCUT2D eigenvalue weighted by atomic mass is 10.1. The van der Waals surface area contributed by atoms with Crippen molar-refractivity contribution in [1.29, 1.82) is 0 Å². The van der Waals surface area contributed by atoms with Gasteiger partial charge in [0.1, 0.15) is 0 Å². The highest BCUT2D eigenvalue weighted by Crippen LogP contribution is 2.27. The van der Waals surface area contributed by atoms with Gasteiger partial charge in [0.15, 0.2) is 0 Å². The minimum absolute atomic E-state index is 0.0136. The summed E-state index contributed by atoms with van der Waals surface area (Å²) in [5.74, 6) is -0.703. The molecule has 0 atom stereocenters. The Morgan fingerprint density at radius 3 is 2.32 bits per heavy atom. The smallest absolute Gasteiger partial charge is 0.319 e. The van der Waals surface area contributed by atoms with E-state index in [1.54, 1.807) is 24.3 Å². The summed E-state index contributed by atoms with van der Waals surface area (Å²) >= 11 is 6.15. The van der Waals surface area contributed by atoms with Crippen LogP contribution >= 0.6 is 11.6 Å². The molecule has 4 amide bonds. The number of nitrogens with zero attached hydrogens (tertiary/aromatic N) is 2. The Bertz CT molecular complexity index is 1190. The van der Waals surface area contributed by atoms with Gasteiger partial charge in [-0.3, -0.25) is 14.5 Å². The van der Waals surface area contributed by atoms with E-state index in [9.17, 15) is 22.8 Å². The number of urea groups is 1. The van der Waals surface area contributed by atoms with Crippen LogP contribution in [-0.2, 0) is 14.8 Å². The first kappa shape index (κ1) is 24.1. The van der Waals surface area contributed by atoms with Gasteiger partial charge in [0.25, 0.3) is 11.8 Å². The van der Waals surface area contributed by atoms with E-state index in [1.165, 1.54) is 22.5 Å². The number of hydrogen-bond acceptors (Lipinski definition) is 6. The number of halogens is 1. The number of anilines is 1. The maximum atomic E-state index is 12.8. The Balaban J connectivity index is 1.31. The van der Waals surface area contributed by atoms with Crippen molar-refractivity contribution in [1.82, 2.24) is 14.5 Å². The Morgan fingerprint density at radius 2 is 1.68 bits per heavy atom. The lowest BCUT2D eigenvalue weighted by Crippen LogP contribution is -2.40. The molecule has 4 rings (SSSR count). The second-order valence-corrected chi connectivity index (χ2v) is 10.0. The molecule has 34 heavy (non-hydrogen) atoms. The molecular formula is C22H23ClN4O6S.